The molecule has 0 bridgehead atoms. The Morgan fingerprint density at radius 2 is 2.10 bits per heavy atom. The molecular formula is C16H28N4O. The minimum absolute atomic E-state index is 0.149. The monoisotopic (exact) mass is 292 g/mol. The van der Waals surface area contributed by atoms with Crippen LogP contribution in [-0.2, 0) is 6.42 Å². The standard InChI is InChI=1S/C16H28N4O/c1-4-7-13-18-14(20-19-13)15(21)17-11-16(10-12(2)3)8-5-6-9-16/h12H,4-11H2,1-3H3,(H,17,21)(H,18,19,20). The number of hydrogen-bond acceptors (Lipinski definition) is 3. The van der Waals surface area contributed by atoms with Crippen molar-refractivity contribution in [2.24, 2.45) is 11.3 Å². The average Bonchev–Trinajstić information content (AvgIpc) is 3.06. The van der Waals surface area contributed by atoms with Gasteiger partial charge in [0.05, 0.1) is 0 Å². The Morgan fingerprint density at radius 1 is 1.38 bits per heavy atom. The van der Waals surface area contributed by atoms with Crippen molar-refractivity contribution in [2.75, 3.05) is 6.54 Å². The molecule has 5 heteroatoms. The molecule has 1 aliphatic rings. The van der Waals surface area contributed by atoms with E-state index in [0.29, 0.717) is 5.92 Å². The maximum atomic E-state index is 12.2. The Balaban J connectivity index is 1.92. The number of nitrogens with one attached hydrogen (secondary N) is 2. The summed E-state index contributed by atoms with van der Waals surface area (Å²) in [5, 5.41) is 9.91. The van der Waals surface area contributed by atoms with E-state index >= 15 is 0 Å². The Labute approximate surface area is 127 Å². The van der Waals surface area contributed by atoms with E-state index in [9.17, 15) is 4.79 Å². The third kappa shape index (κ3) is 4.29. The normalized spacial score (nSPS) is 17.3. The van der Waals surface area contributed by atoms with Crippen LogP contribution >= 0.6 is 0 Å². The van der Waals surface area contributed by atoms with E-state index in [1.165, 1.54) is 32.1 Å². The Bertz CT molecular complexity index is 461. The van der Waals surface area contributed by atoms with Gasteiger partial charge in [-0.05, 0) is 37.0 Å². The highest BCUT2D eigenvalue weighted by Gasteiger charge is 2.34. The number of aryl methyl sites for hydroxylation is 1. The molecule has 0 aliphatic heterocycles. The van der Waals surface area contributed by atoms with Crippen LogP contribution in [0.4, 0.5) is 0 Å². The highest BCUT2D eigenvalue weighted by molar-refractivity contribution is 5.90. The summed E-state index contributed by atoms with van der Waals surface area (Å²) in [4.78, 5) is 16.4. The lowest BCUT2D eigenvalue weighted by Gasteiger charge is -2.31. The van der Waals surface area contributed by atoms with Crippen molar-refractivity contribution in [3.05, 3.63) is 11.6 Å². The molecule has 1 fully saturated rings. The zero-order valence-electron chi connectivity index (χ0n) is 13.5. The first-order valence-electron chi connectivity index (χ1n) is 8.24. The van der Waals surface area contributed by atoms with Crippen LogP contribution in [0.3, 0.4) is 0 Å². The van der Waals surface area contributed by atoms with Gasteiger partial charge in [-0.25, -0.2) is 4.98 Å². The molecule has 1 saturated carbocycles. The van der Waals surface area contributed by atoms with Crippen molar-refractivity contribution in [3.63, 3.8) is 0 Å². The lowest BCUT2D eigenvalue weighted by molar-refractivity contribution is 0.0911. The summed E-state index contributed by atoms with van der Waals surface area (Å²) in [7, 11) is 0. The van der Waals surface area contributed by atoms with E-state index in [4.69, 9.17) is 0 Å². The second-order valence-corrected chi connectivity index (χ2v) is 6.84. The number of nitrogens with zero attached hydrogens (tertiary/aromatic N) is 2. The molecule has 0 unspecified atom stereocenters. The molecule has 2 N–H and O–H groups in total. The Morgan fingerprint density at radius 3 is 2.71 bits per heavy atom. The molecule has 1 aromatic rings. The topological polar surface area (TPSA) is 70.7 Å². The van der Waals surface area contributed by atoms with Gasteiger partial charge in [0.1, 0.15) is 5.82 Å². The molecule has 1 heterocycles. The van der Waals surface area contributed by atoms with Gasteiger partial charge >= 0.3 is 0 Å². The van der Waals surface area contributed by atoms with Gasteiger partial charge in [-0.3, -0.25) is 9.89 Å². The quantitative estimate of drug-likeness (QED) is 0.811. The first kappa shape index (κ1) is 16.0. The highest BCUT2D eigenvalue weighted by Crippen LogP contribution is 2.42. The number of rotatable bonds is 7. The maximum absolute atomic E-state index is 12.2. The Kier molecular flexibility index (Phi) is 5.37. The summed E-state index contributed by atoms with van der Waals surface area (Å²) in [6.45, 7) is 7.35. The summed E-state index contributed by atoms with van der Waals surface area (Å²) in [5.41, 5.74) is 0.284. The molecule has 118 valence electrons. The third-order valence-electron chi connectivity index (χ3n) is 4.35. The SMILES string of the molecule is CCCc1nc(C(=O)NCC2(CC(C)C)CCCC2)n[nH]1. The molecular weight excluding hydrogens is 264 g/mol. The van der Waals surface area contributed by atoms with Crippen molar-refractivity contribution in [2.45, 2.75) is 65.7 Å². The lowest BCUT2D eigenvalue weighted by Crippen LogP contribution is -2.37. The predicted octanol–water partition coefficient (Wildman–Crippen LogP) is 3.09. The van der Waals surface area contributed by atoms with Crippen molar-refractivity contribution in [1.82, 2.24) is 20.5 Å². The van der Waals surface area contributed by atoms with Gasteiger partial charge < -0.3 is 5.32 Å². The van der Waals surface area contributed by atoms with Crippen LogP contribution in [0.1, 0.15) is 75.7 Å². The van der Waals surface area contributed by atoms with Crippen LogP contribution < -0.4 is 5.32 Å². The summed E-state index contributed by atoms with van der Waals surface area (Å²) >= 11 is 0. The highest BCUT2D eigenvalue weighted by atomic mass is 16.2. The number of aromatic amines is 1. The van der Waals surface area contributed by atoms with Crippen molar-refractivity contribution >= 4 is 5.91 Å². The summed E-state index contributed by atoms with van der Waals surface area (Å²) in [6, 6.07) is 0. The number of carbonyl (C=O) groups excluding carboxylic acids is 1. The third-order valence-corrected chi connectivity index (χ3v) is 4.35. The summed E-state index contributed by atoms with van der Waals surface area (Å²) < 4.78 is 0. The number of carbonyl (C=O) groups is 1. The van der Waals surface area contributed by atoms with Gasteiger partial charge in [-0.1, -0.05) is 33.6 Å². The van der Waals surface area contributed by atoms with Crippen LogP contribution in [0.5, 0.6) is 0 Å². The molecule has 0 atom stereocenters. The van der Waals surface area contributed by atoms with Crippen LogP contribution in [0, 0.1) is 11.3 Å². The van der Waals surface area contributed by atoms with Crippen molar-refractivity contribution in [3.8, 4) is 0 Å². The second-order valence-electron chi connectivity index (χ2n) is 6.84. The van der Waals surface area contributed by atoms with Gasteiger partial charge in [0, 0.05) is 13.0 Å². The van der Waals surface area contributed by atoms with Crippen LogP contribution in [-0.4, -0.2) is 27.6 Å². The van der Waals surface area contributed by atoms with Gasteiger partial charge in [0.2, 0.25) is 5.82 Å². The fourth-order valence-corrected chi connectivity index (χ4v) is 3.54. The summed E-state index contributed by atoms with van der Waals surface area (Å²) in [5.74, 6) is 1.58. The van der Waals surface area contributed by atoms with Gasteiger partial charge in [-0.15, -0.1) is 5.10 Å². The van der Waals surface area contributed by atoms with Crippen LogP contribution in [0.2, 0.25) is 0 Å². The van der Waals surface area contributed by atoms with Crippen molar-refractivity contribution < 1.29 is 4.79 Å². The minimum Gasteiger partial charge on any atom is -0.349 e. The summed E-state index contributed by atoms with van der Waals surface area (Å²) in [6.07, 6.45) is 8.02. The van der Waals surface area contributed by atoms with E-state index < -0.39 is 0 Å². The molecule has 5 nitrogen and oxygen atoms in total. The van der Waals surface area contributed by atoms with Gasteiger partial charge in [-0.2, -0.15) is 0 Å². The largest absolute Gasteiger partial charge is 0.349 e. The number of H-pyrrole nitrogens is 1. The smallest absolute Gasteiger partial charge is 0.290 e. The number of hydrogen-bond donors (Lipinski definition) is 2. The van der Waals surface area contributed by atoms with E-state index in [1.807, 2.05) is 0 Å². The zero-order valence-corrected chi connectivity index (χ0v) is 13.5. The molecule has 21 heavy (non-hydrogen) atoms. The average molecular weight is 292 g/mol. The second kappa shape index (κ2) is 7.05. The van der Waals surface area contributed by atoms with E-state index in [-0.39, 0.29) is 17.1 Å². The number of amides is 1. The van der Waals surface area contributed by atoms with Gasteiger partial charge in [0.15, 0.2) is 0 Å². The molecule has 0 saturated heterocycles. The molecule has 1 amide bonds. The lowest BCUT2D eigenvalue weighted by atomic mass is 9.78. The predicted molar refractivity (Wildman–Crippen MR) is 83.1 cm³/mol. The fourth-order valence-electron chi connectivity index (χ4n) is 3.54. The molecule has 2 rings (SSSR count). The maximum Gasteiger partial charge on any atom is 0.290 e. The Hall–Kier alpha value is -1.39. The molecule has 0 radical (unpaired) electrons. The minimum atomic E-state index is -0.149. The van der Waals surface area contributed by atoms with Gasteiger partial charge in [0.25, 0.3) is 5.91 Å². The molecule has 1 aromatic heterocycles. The van der Waals surface area contributed by atoms with Crippen LogP contribution in [0.15, 0.2) is 0 Å². The fraction of sp³-hybridized carbons (Fsp3) is 0.812. The number of aromatic nitrogens is 3. The van der Waals surface area contributed by atoms with E-state index in [1.54, 1.807) is 0 Å². The first-order valence-corrected chi connectivity index (χ1v) is 8.24. The van der Waals surface area contributed by atoms with E-state index in [0.717, 1.165) is 25.2 Å². The zero-order chi connectivity index (χ0) is 15.3. The van der Waals surface area contributed by atoms with Crippen LogP contribution in [0.25, 0.3) is 0 Å². The molecule has 1 aliphatic carbocycles. The van der Waals surface area contributed by atoms with Crippen molar-refractivity contribution in [1.29, 1.82) is 0 Å². The molecule has 0 spiro atoms. The van der Waals surface area contributed by atoms with E-state index in [2.05, 4.69) is 41.3 Å². The molecule has 0 aromatic carbocycles. The first-order chi connectivity index (χ1) is 10.0.